The van der Waals surface area contributed by atoms with E-state index in [0.717, 1.165) is 31.9 Å². The summed E-state index contributed by atoms with van der Waals surface area (Å²) in [4.78, 5) is 9.43. The first-order valence-electron chi connectivity index (χ1n) is 7.57. The van der Waals surface area contributed by atoms with E-state index in [2.05, 4.69) is 62.1 Å². The van der Waals surface area contributed by atoms with Gasteiger partial charge >= 0.3 is 0 Å². The van der Waals surface area contributed by atoms with E-state index in [9.17, 15) is 0 Å². The topological polar surface area (TPSA) is 31.4 Å². The molecule has 0 aliphatic carbocycles. The molecule has 114 valence electrons. The first-order valence-corrected chi connectivity index (χ1v) is 7.57. The highest BCUT2D eigenvalue weighted by atomic mass is 15.2. The van der Waals surface area contributed by atoms with Crippen molar-refractivity contribution in [1.82, 2.24) is 15.2 Å². The molecule has 0 saturated carbocycles. The molecular formula is C16H30N4. The molecule has 0 radical (unpaired) electrons. The lowest BCUT2D eigenvalue weighted by atomic mass is 10.1. The van der Waals surface area contributed by atoms with Gasteiger partial charge in [0.15, 0.2) is 0 Å². The molecule has 0 bridgehead atoms. The monoisotopic (exact) mass is 278 g/mol. The minimum Gasteiger partial charge on any atom is -0.353 e. The smallest absolute Gasteiger partial charge is 0.129 e. The molecule has 1 aromatic rings. The molecule has 0 spiro atoms. The molecule has 0 amide bonds. The highest BCUT2D eigenvalue weighted by Gasteiger charge is 2.16. The molecule has 0 saturated heterocycles. The van der Waals surface area contributed by atoms with Crippen LogP contribution in [0.4, 0.5) is 5.82 Å². The van der Waals surface area contributed by atoms with E-state index in [-0.39, 0.29) is 0 Å². The number of rotatable bonds is 8. The molecule has 1 unspecified atom stereocenters. The molecule has 0 aliphatic heterocycles. The second-order valence-electron chi connectivity index (χ2n) is 5.61. The van der Waals surface area contributed by atoms with Gasteiger partial charge in [-0.15, -0.1) is 0 Å². The second kappa shape index (κ2) is 8.22. The Hall–Kier alpha value is -1.13. The van der Waals surface area contributed by atoms with Crippen LogP contribution in [0.15, 0.2) is 12.1 Å². The molecule has 1 rings (SSSR count). The summed E-state index contributed by atoms with van der Waals surface area (Å²) < 4.78 is 0. The van der Waals surface area contributed by atoms with Crippen molar-refractivity contribution in [2.75, 3.05) is 39.1 Å². The quantitative estimate of drug-likeness (QED) is 0.789. The lowest BCUT2D eigenvalue weighted by Crippen LogP contribution is -2.40. The normalized spacial score (nSPS) is 12.8. The Labute approximate surface area is 124 Å². The van der Waals surface area contributed by atoms with Crippen molar-refractivity contribution < 1.29 is 0 Å². The van der Waals surface area contributed by atoms with Gasteiger partial charge in [-0.1, -0.05) is 6.92 Å². The first-order chi connectivity index (χ1) is 9.51. The van der Waals surface area contributed by atoms with Crippen LogP contribution in [0.5, 0.6) is 0 Å². The number of hydrogen-bond donors (Lipinski definition) is 1. The Bertz CT molecular complexity index is 403. The van der Waals surface area contributed by atoms with Crippen molar-refractivity contribution in [3.05, 3.63) is 23.4 Å². The fraction of sp³-hybridized carbons (Fsp3) is 0.688. The number of nitrogens with zero attached hydrogens (tertiary/aromatic N) is 3. The molecule has 20 heavy (non-hydrogen) atoms. The maximum atomic E-state index is 4.81. The van der Waals surface area contributed by atoms with Crippen molar-refractivity contribution in [2.24, 2.45) is 0 Å². The average molecular weight is 278 g/mol. The maximum absolute atomic E-state index is 4.81. The first kappa shape index (κ1) is 16.9. The lowest BCUT2D eigenvalue weighted by molar-refractivity contribution is 0.372. The van der Waals surface area contributed by atoms with Gasteiger partial charge in [0.25, 0.3) is 0 Å². The number of hydrogen-bond acceptors (Lipinski definition) is 4. The molecule has 4 heteroatoms. The Morgan fingerprint density at radius 2 is 1.95 bits per heavy atom. The highest BCUT2D eigenvalue weighted by molar-refractivity contribution is 5.44. The SMILES string of the molecule is CCc1cc(CNC)cc(N(CC)C(C)CN(C)C)n1. The molecule has 1 aromatic heterocycles. The van der Waals surface area contributed by atoms with Crippen LogP contribution in [0.1, 0.15) is 32.0 Å². The zero-order valence-corrected chi connectivity index (χ0v) is 13.9. The molecule has 1 atom stereocenters. The van der Waals surface area contributed by atoms with E-state index in [0.29, 0.717) is 6.04 Å². The Morgan fingerprint density at radius 3 is 2.45 bits per heavy atom. The van der Waals surface area contributed by atoms with E-state index < -0.39 is 0 Å². The van der Waals surface area contributed by atoms with Crippen molar-refractivity contribution in [1.29, 1.82) is 0 Å². The Kier molecular flexibility index (Phi) is 6.96. The number of aryl methyl sites for hydroxylation is 1. The van der Waals surface area contributed by atoms with Gasteiger partial charge in [0.2, 0.25) is 0 Å². The van der Waals surface area contributed by atoms with Crippen LogP contribution in [0, 0.1) is 0 Å². The van der Waals surface area contributed by atoms with Gasteiger partial charge in [0.05, 0.1) is 0 Å². The second-order valence-corrected chi connectivity index (χ2v) is 5.61. The van der Waals surface area contributed by atoms with Crippen molar-refractivity contribution in [2.45, 2.75) is 39.8 Å². The minimum atomic E-state index is 0.456. The number of aromatic nitrogens is 1. The predicted octanol–water partition coefficient (Wildman–Crippen LogP) is 2.14. The van der Waals surface area contributed by atoms with E-state index in [1.165, 1.54) is 11.3 Å². The summed E-state index contributed by atoms with van der Waals surface area (Å²) in [7, 11) is 6.22. The van der Waals surface area contributed by atoms with Crippen LogP contribution in [-0.2, 0) is 13.0 Å². The summed E-state index contributed by atoms with van der Waals surface area (Å²) >= 11 is 0. The van der Waals surface area contributed by atoms with Crippen LogP contribution < -0.4 is 10.2 Å². The summed E-state index contributed by atoms with van der Waals surface area (Å²) in [6.07, 6.45) is 0.976. The van der Waals surface area contributed by atoms with Crippen LogP contribution in [-0.4, -0.2) is 50.2 Å². The predicted molar refractivity (Wildman–Crippen MR) is 87.4 cm³/mol. The number of pyridine rings is 1. The fourth-order valence-electron chi connectivity index (χ4n) is 2.59. The van der Waals surface area contributed by atoms with Crippen molar-refractivity contribution in [3.63, 3.8) is 0 Å². The van der Waals surface area contributed by atoms with Gasteiger partial charge in [-0.2, -0.15) is 0 Å². The molecule has 0 fully saturated rings. The molecule has 0 aromatic carbocycles. The lowest BCUT2D eigenvalue weighted by Gasteiger charge is -2.31. The van der Waals surface area contributed by atoms with Crippen LogP contribution in [0.2, 0.25) is 0 Å². The third-order valence-corrected chi connectivity index (χ3v) is 3.46. The minimum absolute atomic E-state index is 0.456. The fourth-order valence-corrected chi connectivity index (χ4v) is 2.59. The summed E-state index contributed by atoms with van der Waals surface area (Å²) in [5.74, 6) is 1.10. The highest BCUT2D eigenvalue weighted by Crippen LogP contribution is 2.18. The summed E-state index contributed by atoms with van der Waals surface area (Å²) in [6, 6.07) is 4.87. The third kappa shape index (κ3) is 4.76. The number of anilines is 1. The van der Waals surface area contributed by atoms with Gasteiger partial charge in [0.1, 0.15) is 5.82 Å². The molecule has 1 heterocycles. The average Bonchev–Trinajstić information content (AvgIpc) is 2.38. The van der Waals surface area contributed by atoms with Crippen LogP contribution >= 0.6 is 0 Å². The molecule has 4 nitrogen and oxygen atoms in total. The van der Waals surface area contributed by atoms with Crippen LogP contribution in [0.25, 0.3) is 0 Å². The van der Waals surface area contributed by atoms with Gasteiger partial charge in [-0.3, -0.25) is 0 Å². The maximum Gasteiger partial charge on any atom is 0.129 e. The summed E-state index contributed by atoms with van der Waals surface area (Å²) in [6.45, 7) is 9.53. The van der Waals surface area contributed by atoms with Gasteiger partial charge < -0.3 is 15.1 Å². The van der Waals surface area contributed by atoms with E-state index >= 15 is 0 Å². The standard InChI is InChI=1S/C16H30N4/c1-7-15-9-14(11-17-4)10-16(18-15)20(8-2)13(3)12-19(5)6/h9-10,13,17H,7-8,11-12H2,1-6H3. The zero-order valence-electron chi connectivity index (χ0n) is 13.9. The zero-order chi connectivity index (χ0) is 15.1. The van der Waals surface area contributed by atoms with Gasteiger partial charge in [-0.05, 0) is 59.1 Å². The Morgan fingerprint density at radius 1 is 1.25 bits per heavy atom. The van der Waals surface area contributed by atoms with Crippen molar-refractivity contribution in [3.8, 4) is 0 Å². The van der Waals surface area contributed by atoms with Gasteiger partial charge in [-0.25, -0.2) is 4.98 Å². The Balaban J connectivity index is 3.03. The van der Waals surface area contributed by atoms with Crippen molar-refractivity contribution >= 4 is 5.82 Å². The van der Waals surface area contributed by atoms with Crippen LogP contribution in [0.3, 0.4) is 0 Å². The molecular weight excluding hydrogens is 248 g/mol. The number of likely N-dealkylation sites (N-methyl/N-ethyl adjacent to an activating group) is 2. The van der Waals surface area contributed by atoms with Gasteiger partial charge in [0, 0.05) is 31.4 Å². The van der Waals surface area contributed by atoms with E-state index in [1.54, 1.807) is 0 Å². The summed E-state index contributed by atoms with van der Waals surface area (Å²) in [5, 5.41) is 3.23. The number of nitrogens with one attached hydrogen (secondary N) is 1. The third-order valence-electron chi connectivity index (χ3n) is 3.46. The summed E-state index contributed by atoms with van der Waals surface area (Å²) in [5.41, 5.74) is 2.48. The van der Waals surface area contributed by atoms with E-state index in [4.69, 9.17) is 4.98 Å². The van der Waals surface area contributed by atoms with E-state index in [1.807, 2.05) is 7.05 Å². The largest absolute Gasteiger partial charge is 0.353 e. The molecule has 0 aliphatic rings. The molecule has 1 N–H and O–H groups in total.